The molecule has 2 aromatic rings. The zero-order valence-electron chi connectivity index (χ0n) is 12.1. The topological polar surface area (TPSA) is 73.6 Å². The summed E-state index contributed by atoms with van der Waals surface area (Å²) in [5, 5.41) is 9.01. The molecule has 0 amide bonds. The lowest BCUT2D eigenvalue weighted by molar-refractivity contribution is 0.0696. The Bertz CT molecular complexity index is 622. The van der Waals surface area contributed by atoms with Crippen molar-refractivity contribution in [3.63, 3.8) is 0 Å². The standard InChI is InChI=1S/C15H18N2O4/c1-3-17-10-16-8-12(17)9-21-13-6-5-11(15(18)19)7-14(13)20-4-2/h5-8,10H,3-4,9H2,1-2H3,(H,18,19). The van der Waals surface area contributed by atoms with Gasteiger partial charge in [0.05, 0.1) is 30.4 Å². The molecular formula is C15H18N2O4. The third-order valence-electron chi connectivity index (χ3n) is 3.01. The van der Waals surface area contributed by atoms with Gasteiger partial charge < -0.3 is 19.1 Å². The van der Waals surface area contributed by atoms with E-state index in [-0.39, 0.29) is 5.56 Å². The highest BCUT2D eigenvalue weighted by Gasteiger charge is 2.11. The highest BCUT2D eigenvalue weighted by atomic mass is 16.5. The van der Waals surface area contributed by atoms with Crippen LogP contribution in [0.1, 0.15) is 29.9 Å². The predicted octanol–water partition coefficient (Wildman–Crippen LogP) is 2.58. The fourth-order valence-electron chi connectivity index (χ4n) is 1.93. The Morgan fingerprint density at radius 2 is 2.10 bits per heavy atom. The fraction of sp³-hybridized carbons (Fsp3) is 0.333. The summed E-state index contributed by atoms with van der Waals surface area (Å²) in [6, 6.07) is 4.58. The van der Waals surface area contributed by atoms with Crippen molar-refractivity contribution in [3.8, 4) is 11.5 Å². The number of imidazole rings is 1. The number of hydrogen-bond acceptors (Lipinski definition) is 4. The van der Waals surface area contributed by atoms with Crippen LogP contribution in [0, 0.1) is 0 Å². The van der Waals surface area contributed by atoms with Crippen molar-refractivity contribution in [1.82, 2.24) is 9.55 Å². The van der Waals surface area contributed by atoms with Gasteiger partial charge in [0.25, 0.3) is 0 Å². The molecule has 6 heteroatoms. The Hall–Kier alpha value is -2.50. The van der Waals surface area contributed by atoms with E-state index in [0.29, 0.717) is 24.7 Å². The summed E-state index contributed by atoms with van der Waals surface area (Å²) in [7, 11) is 0. The summed E-state index contributed by atoms with van der Waals surface area (Å²) in [6.45, 7) is 5.46. The molecule has 1 heterocycles. The second-order valence-corrected chi connectivity index (χ2v) is 4.36. The van der Waals surface area contributed by atoms with Crippen LogP contribution in [-0.2, 0) is 13.2 Å². The van der Waals surface area contributed by atoms with Crippen molar-refractivity contribution in [2.24, 2.45) is 0 Å². The van der Waals surface area contributed by atoms with Crippen LogP contribution >= 0.6 is 0 Å². The molecule has 0 saturated carbocycles. The molecule has 21 heavy (non-hydrogen) atoms. The van der Waals surface area contributed by atoms with Crippen LogP contribution in [0.2, 0.25) is 0 Å². The van der Waals surface area contributed by atoms with Gasteiger partial charge in [-0.2, -0.15) is 0 Å². The lowest BCUT2D eigenvalue weighted by atomic mass is 10.2. The molecule has 0 fully saturated rings. The number of carboxylic acid groups (broad SMARTS) is 1. The van der Waals surface area contributed by atoms with Gasteiger partial charge in [0.1, 0.15) is 6.61 Å². The Balaban J connectivity index is 2.17. The zero-order valence-corrected chi connectivity index (χ0v) is 12.1. The van der Waals surface area contributed by atoms with Crippen molar-refractivity contribution in [3.05, 3.63) is 42.0 Å². The smallest absolute Gasteiger partial charge is 0.335 e. The number of benzene rings is 1. The first-order valence-corrected chi connectivity index (χ1v) is 6.77. The van der Waals surface area contributed by atoms with Gasteiger partial charge in [-0.15, -0.1) is 0 Å². The SMILES string of the molecule is CCOc1cc(C(=O)O)ccc1OCc1cncn1CC. The molecule has 0 saturated heterocycles. The second-order valence-electron chi connectivity index (χ2n) is 4.36. The Kier molecular flexibility index (Phi) is 4.81. The molecule has 1 aromatic heterocycles. The van der Waals surface area contributed by atoms with E-state index in [0.717, 1.165) is 12.2 Å². The van der Waals surface area contributed by atoms with Crippen molar-refractivity contribution in [1.29, 1.82) is 0 Å². The Labute approximate surface area is 122 Å². The second kappa shape index (κ2) is 6.78. The molecule has 0 aliphatic heterocycles. The summed E-state index contributed by atoms with van der Waals surface area (Å²) < 4.78 is 13.2. The highest BCUT2D eigenvalue weighted by Crippen LogP contribution is 2.29. The fourth-order valence-corrected chi connectivity index (χ4v) is 1.93. The molecule has 1 aromatic carbocycles. The maximum absolute atomic E-state index is 11.0. The minimum absolute atomic E-state index is 0.171. The minimum Gasteiger partial charge on any atom is -0.490 e. The van der Waals surface area contributed by atoms with Crippen LogP contribution < -0.4 is 9.47 Å². The van der Waals surface area contributed by atoms with E-state index < -0.39 is 5.97 Å². The van der Waals surface area contributed by atoms with Crippen LogP contribution in [0.25, 0.3) is 0 Å². The van der Waals surface area contributed by atoms with Gasteiger partial charge in [-0.1, -0.05) is 0 Å². The van der Waals surface area contributed by atoms with E-state index in [2.05, 4.69) is 4.98 Å². The third kappa shape index (κ3) is 3.53. The molecule has 0 aliphatic rings. The summed E-state index contributed by atoms with van der Waals surface area (Å²) in [5.41, 5.74) is 1.12. The maximum Gasteiger partial charge on any atom is 0.335 e. The first-order chi connectivity index (χ1) is 10.2. The highest BCUT2D eigenvalue weighted by molar-refractivity contribution is 5.88. The van der Waals surface area contributed by atoms with Crippen molar-refractivity contribution in [2.75, 3.05) is 6.61 Å². The van der Waals surface area contributed by atoms with E-state index in [1.165, 1.54) is 12.1 Å². The van der Waals surface area contributed by atoms with Gasteiger partial charge in [0.2, 0.25) is 0 Å². The van der Waals surface area contributed by atoms with Gasteiger partial charge in [-0.3, -0.25) is 0 Å². The van der Waals surface area contributed by atoms with E-state index in [4.69, 9.17) is 14.6 Å². The molecule has 0 spiro atoms. The first-order valence-electron chi connectivity index (χ1n) is 6.77. The van der Waals surface area contributed by atoms with Gasteiger partial charge in [0.15, 0.2) is 11.5 Å². The van der Waals surface area contributed by atoms with E-state index in [1.807, 2.05) is 18.4 Å². The maximum atomic E-state index is 11.0. The third-order valence-corrected chi connectivity index (χ3v) is 3.01. The molecule has 0 aliphatic carbocycles. The summed E-state index contributed by atoms with van der Waals surface area (Å²) in [4.78, 5) is 15.1. The van der Waals surface area contributed by atoms with Crippen LogP contribution in [-0.4, -0.2) is 27.2 Å². The summed E-state index contributed by atoms with van der Waals surface area (Å²) >= 11 is 0. The lowest BCUT2D eigenvalue weighted by Gasteiger charge is -2.13. The largest absolute Gasteiger partial charge is 0.490 e. The average molecular weight is 290 g/mol. The monoisotopic (exact) mass is 290 g/mol. The van der Waals surface area contributed by atoms with Crippen LogP contribution in [0.4, 0.5) is 0 Å². The number of aromatic carboxylic acids is 1. The minimum atomic E-state index is -0.994. The number of carboxylic acids is 1. The molecule has 0 radical (unpaired) electrons. The number of nitrogens with zero attached hydrogens (tertiary/aromatic N) is 2. The number of aryl methyl sites for hydroxylation is 1. The molecular weight excluding hydrogens is 272 g/mol. The van der Waals surface area contributed by atoms with E-state index >= 15 is 0 Å². The quantitative estimate of drug-likeness (QED) is 0.848. The van der Waals surface area contributed by atoms with Crippen LogP contribution in [0.15, 0.2) is 30.7 Å². The van der Waals surface area contributed by atoms with Gasteiger partial charge >= 0.3 is 5.97 Å². The van der Waals surface area contributed by atoms with Crippen molar-refractivity contribution < 1.29 is 19.4 Å². The molecule has 0 bridgehead atoms. The number of hydrogen-bond donors (Lipinski definition) is 1. The van der Waals surface area contributed by atoms with Crippen molar-refractivity contribution in [2.45, 2.75) is 27.0 Å². The summed E-state index contributed by atoms with van der Waals surface area (Å²) in [5.74, 6) is -0.0442. The molecule has 1 N–H and O–H groups in total. The predicted molar refractivity (Wildman–Crippen MR) is 76.8 cm³/mol. The molecule has 2 rings (SSSR count). The molecule has 0 atom stereocenters. The molecule has 0 unspecified atom stereocenters. The van der Waals surface area contributed by atoms with Gasteiger partial charge in [-0.25, -0.2) is 9.78 Å². The number of ether oxygens (including phenoxy) is 2. The van der Waals surface area contributed by atoms with Gasteiger partial charge in [0, 0.05) is 6.54 Å². The normalized spacial score (nSPS) is 10.4. The van der Waals surface area contributed by atoms with Gasteiger partial charge in [-0.05, 0) is 32.0 Å². The Morgan fingerprint density at radius 1 is 1.29 bits per heavy atom. The number of aromatic nitrogens is 2. The molecule has 6 nitrogen and oxygen atoms in total. The number of rotatable bonds is 7. The van der Waals surface area contributed by atoms with Crippen LogP contribution in [0.5, 0.6) is 11.5 Å². The molecule has 112 valence electrons. The summed E-state index contributed by atoms with van der Waals surface area (Å²) in [6.07, 6.45) is 3.49. The first kappa shape index (κ1) is 14.9. The van der Waals surface area contributed by atoms with Crippen LogP contribution in [0.3, 0.4) is 0 Å². The van der Waals surface area contributed by atoms with E-state index in [9.17, 15) is 4.79 Å². The Morgan fingerprint density at radius 3 is 2.76 bits per heavy atom. The number of carbonyl (C=O) groups is 1. The zero-order chi connectivity index (χ0) is 15.2. The average Bonchev–Trinajstić information content (AvgIpc) is 2.93. The lowest BCUT2D eigenvalue weighted by Crippen LogP contribution is -2.06. The van der Waals surface area contributed by atoms with E-state index in [1.54, 1.807) is 18.6 Å². The van der Waals surface area contributed by atoms with Crippen molar-refractivity contribution >= 4 is 5.97 Å².